The zero-order valence-corrected chi connectivity index (χ0v) is 9.30. The summed E-state index contributed by atoms with van der Waals surface area (Å²) in [6, 6.07) is 3.18. The van der Waals surface area contributed by atoms with Gasteiger partial charge in [-0.2, -0.15) is 0 Å². The number of benzene rings is 1. The van der Waals surface area contributed by atoms with Crippen molar-refractivity contribution in [1.29, 1.82) is 0 Å². The van der Waals surface area contributed by atoms with Crippen molar-refractivity contribution in [3.63, 3.8) is 0 Å². The average Bonchev–Trinajstić information content (AvgIpc) is 2.80. The fraction of sp³-hybridized carbons (Fsp3) is 0.0909. The van der Waals surface area contributed by atoms with Crippen molar-refractivity contribution in [1.82, 2.24) is 9.55 Å². The molecule has 0 saturated carbocycles. The van der Waals surface area contributed by atoms with E-state index >= 15 is 0 Å². The van der Waals surface area contributed by atoms with E-state index in [0.717, 1.165) is 6.07 Å². The van der Waals surface area contributed by atoms with E-state index in [4.69, 9.17) is 0 Å². The topological polar surface area (TPSA) is 34.9 Å². The summed E-state index contributed by atoms with van der Waals surface area (Å²) in [6.45, 7) is 0. The predicted octanol–water partition coefficient (Wildman–Crippen LogP) is 2.57. The molecule has 3 rings (SSSR count). The number of fused-ring (bicyclic) bond motifs is 1. The van der Waals surface area contributed by atoms with E-state index in [9.17, 15) is 13.6 Å². The molecule has 86 valence electrons. The van der Waals surface area contributed by atoms with E-state index < -0.39 is 11.6 Å². The third-order valence-corrected chi connectivity index (χ3v) is 3.36. The molecule has 0 N–H and O–H groups in total. The summed E-state index contributed by atoms with van der Waals surface area (Å²) in [5.41, 5.74) is 0.733. The third-order valence-electron chi connectivity index (χ3n) is 2.43. The van der Waals surface area contributed by atoms with E-state index in [-0.39, 0.29) is 5.91 Å². The Balaban J connectivity index is 2.10. The van der Waals surface area contributed by atoms with E-state index in [1.807, 2.05) is 0 Å². The van der Waals surface area contributed by atoms with Crippen molar-refractivity contribution in [2.75, 3.05) is 5.75 Å². The number of thioether (sulfide) groups is 1. The van der Waals surface area contributed by atoms with Gasteiger partial charge < -0.3 is 0 Å². The van der Waals surface area contributed by atoms with Gasteiger partial charge in [-0.05, 0) is 12.1 Å². The molecule has 0 radical (unpaired) electrons. The van der Waals surface area contributed by atoms with Crippen LogP contribution in [0, 0.1) is 11.6 Å². The number of carbonyl (C=O) groups excluding carboxylic acids is 1. The highest BCUT2D eigenvalue weighted by molar-refractivity contribution is 8.00. The quantitative estimate of drug-likeness (QED) is 0.782. The second-order valence-corrected chi connectivity index (χ2v) is 4.56. The van der Waals surface area contributed by atoms with Crippen molar-refractivity contribution in [2.24, 2.45) is 0 Å². The number of hydrogen-bond acceptors (Lipinski definition) is 3. The van der Waals surface area contributed by atoms with Crippen molar-refractivity contribution >= 4 is 17.7 Å². The van der Waals surface area contributed by atoms with Crippen LogP contribution in [-0.2, 0) is 0 Å². The zero-order valence-electron chi connectivity index (χ0n) is 8.48. The van der Waals surface area contributed by atoms with Gasteiger partial charge in [0, 0.05) is 17.8 Å². The largest absolute Gasteiger partial charge is 0.273 e. The van der Waals surface area contributed by atoms with Gasteiger partial charge in [0.2, 0.25) is 5.91 Å². The van der Waals surface area contributed by atoms with E-state index in [0.29, 0.717) is 22.2 Å². The molecule has 1 aromatic carbocycles. The maximum atomic E-state index is 13.0. The first-order chi connectivity index (χ1) is 8.13. The number of nitrogens with zero attached hydrogens (tertiary/aromatic N) is 2. The molecule has 0 atom stereocenters. The minimum atomic E-state index is -0.660. The Labute approximate surface area is 99.5 Å². The van der Waals surface area contributed by atoms with Gasteiger partial charge in [-0.15, -0.1) is 0 Å². The minimum Gasteiger partial charge on any atom is -0.273 e. The van der Waals surface area contributed by atoms with Gasteiger partial charge >= 0.3 is 0 Å². The van der Waals surface area contributed by atoms with Crippen LogP contribution >= 0.6 is 11.8 Å². The van der Waals surface area contributed by atoms with Crippen molar-refractivity contribution in [3.05, 3.63) is 36.0 Å². The Morgan fingerprint density at radius 2 is 1.94 bits per heavy atom. The summed E-state index contributed by atoms with van der Waals surface area (Å²) in [4.78, 5) is 15.6. The van der Waals surface area contributed by atoms with Crippen molar-refractivity contribution < 1.29 is 13.6 Å². The highest BCUT2D eigenvalue weighted by Gasteiger charge is 2.22. The lowest BCUT2D eigenvalue weighted by atomic mass is 10.1. The average molecular weight is 252 g/mol. The van der Waals surface area contributed by atoms with Gasteiger partial charge in [0.15, 0.2) is 5.16 Å². The van der Waals surface area contributed by atoms with Gasteiger partial charge in [0.25, 0.3) is 0 Å². The molecule has 0 spiro atoms. The number of imidazole rings is 1. The van der Waals surface area contributed by atoms with Crippen LogP contribution in [0.1, 0.15) is 4.79 Å². The molecular formula is C11H6F2N2OS. The Morgan fingerprint density at radius 1 is 1.24 bits per heavy atom. The molecule has 6 heteroatoms. The molecule has 0 fully saturated rings. The van der Waals surface area contributed by atoms with E-state index in [1.165, 1.54) is 34.7 Å². The summed E-state index contributed by atoms with van der Waals surface area (Å²) in [6.07, 6.45) is 1.51. The van der Waals surface area contributed by atoms with Gasteiger partial charge in [0.05, 0.1) is 11.4 Å². The summed E-state index contributed by atoms with van der Waals surface area (Å²) >= 11 is 1.31. The van der Waals surface area contributed by atoms with Crippen LogP contribution in [0.4, 0.5) is 8.78 Å². The SMILES string of the molecule is O=C1CSc2nc(-c3cc(F)cc(F)c3)cn21. The molecule has 1 aliphatic rings. The zero-order chi connectivity index (χ0) is 12.0. The lowest BCUT2D eigenvalue weighted by Gasteiger charge is -1.97. The number of hydrogen-bond donors (Lipinski definition) is 0. The lowest BCUT2D eigenvalue weighted by Crippen LogP contribution is -2.04. The Hall–Kier alpha value is -1.69. The second kappa shape index (κ2) is 3.66. The number of carbonyl (C=O) groups is 1. The Bertz CT molecular complexity index is 604. The molecule has 17 heavy (non-hydrogen) atoms. The van der Waals surface area contributed by atoms with Gasteiger partial charge in [-0.3, -0.25) is 9.36 Å². The maximum Gasteiger partial charge on any atom is 0.243 e. The predicted molar refractivity (Wildman–Crippen MR) is 58.9 cm³/mol. The first-order valence-electron chi connectivity index (χ1n) is 4.85. The maximum absolute atomic E-state index is 13.0. The summed E-state index contributed by atoms with van der Waals surface area (Å²) < 4.78 is 27.5. The monoisotopic (exact) mass is 252 g/mol. The van der Waals surface area contributed by atoms with Crippen LogP contribution in [0.3, 0.4) is 0 Å². The van der Waals surface area contributed by atoms with Crippen molar-refractivity contribution in [2.45, 2.75) is 5.16 Å². The van der Waals surface area contributed by atoms with Crippen LogP contribution in [0.2, 0.25) is 0 Å². The summed E-state index contributed by atoms with van der Waals surface area (Å²) in [5.74, 6) is -1.03. The van der Waals surface area contributed by atoms with Crippen LogP contribution in [0.5, 0.6) is 0 Å². The number of aromatic nitrogens is 2. The number of rotatable bonds is 1. The molecule has 0 amide bonds. The molecule has 1 aromatic heterocycles. The smallest absolute Gasteiger partial charge is 0.243 e. The standard InChI is InChI=1S/C11H6F2N2OS/c12-7-1-6(2-8(13)3-7)9-4-15-10(16)5-17-11(15)14-9/h1-4H,5H2. The van der Waals surface area contributed by atoms with Crippen molar-refractivity contribution in [3.8, 4) is 11.3 Å². The minimum absolute atomic E-state index is 0.0689. The fourth-order valence-electron chi connectivity index (χ4n) is 1.68. The summed E-state index contributed by atoms with van der Waals surface area (Å²) in [5, 5.41) is 0.565. The molecule has 3 nitrogen and oxygen atoms in total. The van der Waals surface area contributed by atoms with Gasteiger partial charge in [-0.1, -0.05) is 11.8 Å². The van der Waals surface area contributed by atoms with Gasteiger partial charge in [0.1, 0.15) is 11.6 Å². The fourth-order valence-corrected chi connectivity index (χ4v) is 2.53. The van der Waals surface area contributed by atoms with Crippen LogP contribution in [-0.4, -0.2) is 21.2 Å². The Kier molecular flexibility index (Phi) is 2.25. The Morgan fingerprint density at radius 3 is 2.59 bits per heavy atom. The third kappa shape index (κ3) is 1.74. The molecule has 0 bridgehead atoms. The molecule has 2 aromatic rings. The lowest BCUT2D eigenvalue weighted by molar-refractivity contribution is 0.0939. The first kappa shape index (κ1) is 10.5. The molecule has 1 aliphatic heterocycles. The summed E-state index contributed by atoms with van der Waals surface area (Å²) in [7, 11) is 0. The normalized spacial score (nSPS) is 14.1. The second-order valence-electron chi connectivity index (χ2n) is 3.62. The van der Waals surface area contributed by atoms with E-state index in [1.54, 1.807) is 0 Å². The molecular weight excluding hydrogens is 246 g/mol. The van der Waals surface area contributed by atoms with Gasteiger partial charge in [-0.25, -0.2) is 13.8 Å². The molecule has 0 unspecified atom stereocenters. The highest BCUT2D eigenvalue weighted by Crippen LogP contribution is 2.29. The van der Waals surface area contributed by atoms with E-state index in [2.05, 4.69) is 4.98 Å². The molecule has 0 saturated heterocycles. The molecule has 0 aliphatic carbocycles. The number of halogens is 2. The molecule has 2 heterocycles. The van der Waals surface area contributed by atoms with Crippen LogP contribution in [0.25, 0.3) is 11.3 Å². The highest BCUT2D eigenvalue weighted by atomic mass is 32.2. The first-order valence-corrected chi connectivity index (χ1v) is 5.84. The van der Waals surface area contributed by atoms with Crippen LogP contribution in [0.15, 0.2) is 29.6 Å². The van der Waals surface area contributed by atoms with Crippen LogP contribution < -0.4 is 0 Å².